The highest BCUT2D eigenvalue weighted by molar-refractivity contribution is 6.28. The molecule has 0 N–H and O–H groups in total. The van der Waals surface area contributed by atoms with E-state index in [1.807, 2.05) is 48.5 Å². The van der Waals surface area contributed by atoms with Crippen molar-refractivity contribution < 1.29 is 4.42 Å². The molecule has 16 aromatic rings. The van der Waals surface area contributed by atoms with Crippen LogP contribution in [0.4, 0.5) is 0 Å². The SMILES string of the molecule is N#CC1C(n2c3ccccc3c3ccc4c(c5ccccc5n4-c4ccccc4)c32)=CC(c2nc(-c3ccccc3)nc3oc4ccccc4c23)=CC1n1c2ccccc2c2ccc3c(c4ccccc4n3-c3ccccc3)c21. The molecular weight excluding hydrogens is 967 g/mol. The molecule has 8 nitrogen and oxygen atoms in total. The first kappa shape index (κ1) is 43.5. The fourth-order valence-electron chi connectivity index (χ4n) is 13.4. The molecule has 0 bridgehead atoms. The summed E-state index contributed by atoms with van der Waals surface area (Å²) in [6, 6.07) is 85.9. The lowest BCUT2D eigenvalue weighted by molar-refractivity contribution is 0.562. The number of hydrogen-bond acceptors (Lipinski definition) is 4. The molecule has 17 rings (SSSR count). The summed E-state index contributed by atoms with van der Waals surface area (Å²) in [7, 11) is 0. The van der Waals surface area contributed by atoms with Crippen molar-refractivity contribution in [2.24, 2.45) is 5.92 Å². The Bertz CT molecular complexity index is 5330. The topological polar surface area (TPSA) is 82.4 Å². The molecule has 0 fully saturated rings. The molecule has 8 heteroatoms. The summed E-state index contributed by atoms with van der Waals surface area (Å²) >= 11 is 0. The van der Waals surface area contributed by atoms with Gasteiger partial charge in [-0.15, -0.1) is 0 Å². The molecule has 2 unspecified atom stereocenters. The molecule has 0 amide bonds. The molecule has 0 saturated heterocycles. The molecule has 0 aliphatic heterocycles. The number of rotatable bonds is 6. The second kappa shape index (κ2) is 16.6. The van der Waals surface area contributed by atoms with Crippen LogP contribution < -0.4 is 0 Å². The van der Waals surface area contributed by atoms with E-state index in [4.69, 9.17) is 14.4 Å². The highest BCUT2D eigenvalue weighted by Gasteiger charge is 2.37. The third-order valence-electron chi connectivity index (χ3n) is 16.6. The number of para-hydroxylation sites is 7. The van der Waals surface area contributed by atoms with E-state index in [9.17, 15) is 5.26 Å². The van der Waals surface area contributed by atoms with Crippen LogP contribution in [0, 0.1) is 17.2 Å². The monoisotopic (exact) mass is 1010 g/mol. The Balaban J connectivity index is 1.05. The van der Waals surface area contributed by atoms with Gasteiger partial charge in [0.15, 0.2) is 5.82 Å². The number of nitrogens with zero attached hydrogens (tertiary/aromatic N) is 7. The van der Waals surface area contributed by atoms with Gasteiger partial charge in [0.2, 0.25) is 5.71 Å². The van der Waals surface area contributed by atoms with Gasteiger partial charge in [0.05, 0.1) is 61.8 Å². The fourth-order valence-corrected chi connectivity index (χ4v) is 13.4. The molecule has 79 heavy (non-hydrogen) atoms. The van der Waals surface area contributed by atoms with Crippen molar-refractivity contribution in [1.82, 2.24) is 28.2 Å². The van der Waals surface area contributed by atoms with Crippen LogP contribution in [0.25, 0.3) is 143 Å². The van der Waals surface area contributed by atoms with Crippen molar-refractivity contribution in [3.63, 3.8) is 0 Å². The maximum atomic E-state index is 12.4. The summed E-state index contributed by atoms with van der Waals surface area (Å²) in [6.07, 6.45) is 4.55. The second-order valence-corrected chi connectivity index (χ2v) is 20.7. The summed E-state index contributed by atoms with van der Waals surface area (Å²) in [4.78, 5) is 10.8. The van der Waals surface area contributed by atoms with Gasteiger partial charge in [-0.3, -0.25) is 0 Å². The zero-order valence-corrected chi connectivity index (χ0v) is 42.4. The quantitative estimate of drug-likeness (QED) is 0.166. The first-order valence-electron chi connectivity index (χ1n) is 26.8. The third kappa shape index (κ3) is 6.12. The first-order chi connectivity index (χ1) is 39.2. The van der Waals surface area contributed by atoms with Crippen LogP contribution in [0.15, 0.2) is 253 Å². The zero-order chi connectivity index (χ0) is 51.9. The lowest BCUT2D eigenvalue weighted by Gasteiger charge is -2.31. The maximum absolute atomic E-state index is 12.4. The van der Waals surface area contributed by atoms with Crippen LogP contribution >= 0.6 is 0 Å². The van der Waals surface area contributed by atoms with Gasteiger partial charge in [-0.2, -0.15) is 10.2 Å². The average Bonchev–Trinajstić information content (AvgIpc) is 3.77. The Hall–Kier alpha value is -10.8. The van der Waals surface area contributed by atoms with Crippen molar-refractivity contribution in [2.45, 2.75) is 6.04 Å². The molecule has 0 saturated carbocycles. The minimum Gasteiger partial charge on any atom is -0.438 e. The number of hydrogen-bond donors (Lipinski definition) is 0. The Labute approximate surface area is 451 Å². The molecular formula is C71H43N7O. The Morgan fingerprint density at radius 2 is 0.899 bits per heavy atom. The number of furan rings is 1. The molecule has 0 radical (unpaired) electrons. The van der Waals surface area contributed by atoms with Crippen molar-refractivity contribution >= 4 is 121 Å². The molecule has 10 aromatic carbocycles. The number of aromatic nitrogens is 6. The minimum absolute atomic E-state index is 0.499. The van der Waals surface area contributed by atoms with E-state index < -0.39 is 12.0 Å². The van der Waals surface area contributed by atoms with Crippen LogP contribution in [0.2, 0.25) is 0 Å². The third-order valence-corrected chi connectivity index (χ3v) is 16.6. The lowest BCUT2D eigenvalue weighted by atomic mass is 9.86. The summed E-state index contributed by atoms with van der Waals surface area (Å²) in [5.74, 6) is -0.180. The molecule has 1 aliphatic carbocycles. The van der Waals surface area contributed by atoms with Gasteiger partial charge in [-0.1, -0.05) is 176 Å². The minimum atomic E-state index is -0.732. The number of fused-ring (bicyclic) bond motifs is 17. The molecule has 368 valence electrons. The van der Waals surface area contributed by atoms with Crippen molar-refractivity contribution in [3.8, 4) is 28.8 Å². The van der Waals surface area contributed by atoms with E-state index in [1.165, 1.54) is 0 Å². The van der Waals surface area contributed by atoms with E-state index in [0.29, 0.717) is 11.5 Å². The van der Waals surface area contributed by atoms with Gasteiger partial charge in [-0.25, -0.2) is 4.98 Å². The fraction of sp³-hybridized carbons (Fsp3) is 0.0282. The summed E-state index contributed by atoms with van der Waals surface area (Å²) in [5.41, 5.74) is 15.2. The van der Waals surface area contributed by atoms with Gasteiger partial charge in [-0.05, 0) is 72.8 Å². The van der Waals surface area contributed by atoms with Crippen molar-refractivity contribution in [2.75, 3.05) is 0 Å². The van der Waals surface area contributed by atoms with E-state index in [-0.39, 0.29) is 0 Å². The normalized spacial score (nSPS) is 15.0. The second-order valence-electron chi connectivity index (χ2n) is 20.7. The van der Waals surface area contributed by atoms with Crippen molar-refractivity contribution in [3.05, 3.63) is 254 Å². The predicted molar refractivity (Wildman–Crippen MR) is 323 cm³/mol. The first-order valence-corrected chi connectivity index (χ1v) is 26.8. The lowest BCUT2D eigenvalue weighted by Crippen LogP contribution is -2.24. The summed E-state index contributed by atoms with van der Waals surface area (Å²) < 4.78 is 16.3. The molecule has 1 aliphatic rings. The molecule has 2 atom stereocenters. The Morgan fingerprint density at radius 1 is 0.405 bits per heavy atom. The number of benzene rings is 10. The largest absolute Gasteiger partial charge is 0.438 e. The van der Waals surface area contributed by atoms with E-state index >= 15 is 0 Å². The standard InChI is InChI=1S/C71H43N7O/c72-42-54-61(77-55-31-15-10-26-47(55)49-36-38-59-64(68(49)77)51-28-12-17-33-57(51)75(59)45-22-6-2-7-23-45)40-44(67-66-53-30-14-19-35-63(53)79-71(66)74-70(73-67)43-20-4-1-5-21-43)41-62(54)78-56-32-16-11-27-48(56)50-37-39-60-65(69(50)78)52-29-13-18-34-58(52)76(60)46-24-8-3-9-25-46/h1-41,54,61H. The predicted octanol–water partition coefficient (Wildman–Crippen LogP) is 17.8. The smallest absolute Gasteiger partial charge is 0.231 e. The van der Waals surface area contributed by atoms with Crippen LogP contribution in [-0.2, 0) is 0 Å². The number of allylic oxidation sites excluding steroid dienone is 4. The van der Waals surface area contributed by atoms with Crippen LogP contribution in [0.1, 0.15) is 11.7 Å². The highest BCUT2D eigenvalue weighted by Crippen LogP contribution is 2.51. The van der Waals surface area contributed by atoms with Crippen molar-refractivity contribution in [1.29, 1.82) is 5.26 Å². The zero-order valence-electron chi connectivity index (χ0n) is 42.4. The van der Waals surface area contributed by atoms with Gasteiger partial charge in [0.25, 0.3) is 0 Å². The van der Waals surface area contributed by atoms with Crippen LogP contribution in [0.5, 0.6) is 0 Å². The number of nitriles is 1. The van der Waals surface area contributed by atoms with Gasteiger partial charge in [0.1, 0.15) is 11.5 Å². The molecule has 0 spiro atoms. The van der Waals surface area contributed by atoms with Crippen LogP contribution in [0.3, 0.4) is 0 Å². The van der Waals surface area contributed by atoms with Gasteiger partial charge in [0, 0.05) is 82.2 Å². The Morgan fingerprint density at radius 3 is 1.52 bits per heavy atom. The Kier molecular flexibility index (Phi) is 9.15. The van der Waals surface area contributed by atoms with E-state index in [1.54, 1.807) is 0 Å². The summed E-state index contributed by atoms with van der Waals surface area (Å²) in [5, 5.41) is 23.1. The summed E-state index contributed by atoms with van der Waals surface area (Å²) in [6.45, 7) is 0. The molecule has 6 heterocycles. The molecule has 6 aromatic heterocycles. The van der Waals surface area contributed by atoms with Crippen LogP contribution in [-0.4, -0.2) is 28.2 Å². The van der Waals surface area contributed by atoms with E-state index in [2.05, 4.69) is 225 Å². The van der Waals surface area contributed by atoms with E-state index in [0.717, 1.165) is 137 Å². The maximum Gasteiger partial charge on any atom is 0.231 e. The highest BCUT2D eigenvalue weighted by atomic mass is 16.3. The average molecular weight is 1010 g/mol. The van der Waals surface area contributed by atoms with Gasteiger partial charge >= 0.3 is 0 Å². The van der Waals surface area contributed by atoms with Gasteiger partial charge < -0.3 is 22.7 Å².